The predicted octanol–water partition coefficient (Wildman–Crippen LogP) is 5.90. The average Bonchev–Trinajstić information content (AvgIpc) is 3.03. The van der Waals surface area contributed by atoms with Gasteiger partial charge in [-0.15, -0.1) is 0 Å². The summed E-state index contributed by atoms with van der Waals surface area (Å²) < 4.78 is 2.21. The third-order valence-electron chi connectivity index (χ3n) is 4.35. The summed E-state index contributed by atoms with van der Waals surface area (Å²) in [6.07, 6.45) is 0. The van der Waals surface area contributed by atoms with Crippen molar-refractivity contribution in [3.8, 4) is 6.07 Å². The fraction of sp³-hybridized carbons (Fsp3) is 0.0909. The third-order valence-corrected chi connectivity index (χ3v) is 5.61. The number of benzene rings is 3. The summed E-state index contributed by atoms with van der Waals surface area (Å²) in [6.45, 7) is 0.737. The first kappa shape index (κ1) is 17.7. The Morgan fingerprint density at radius 2 is 1.78 bits per heavy atom. The van der Waals surface area contributed by atoms with Crippen molar-refractivity contribution in [3.05, 3.63) is 94.5 Å². The van der Waals surface area contributed by atoms with Crippen LogP contribution in [0.4, 0.5) is 0 Å². The normalized spacial score (nSPS) is 10.8. The molecule has 0 radical (unpaired) electrons. The molecule has 1 aromatic heterocycles. The summed E-state index contributed by atoms with van der Waals surface area (Å²) in [5, 5.41) is 10.9. The highest BCUT2D eigenvalue weighted by molar-refractivity contribution is 7.98. The van der Waals surface area contributed by atoms with Crippen molar-refractivity contribution in [3.63, 3.8) is 0 Å². The van der Waals surface area contributed by atoms with E-state index < -0.39 is 0 Å². The first-order chi connectivity index (χ1) is 13.2. The van der Waals surface area contributed by atoms with Crippen molar-refractivity contribution in [2.24, 2.45) is 0 Å². The van der Waals surface area contributed by atoms with Crippen LogP contribution in [0.1, 0.15) is 16.7 Å². The molecule has 4 rings (SSSR count). The van der Waals surface area contributed by atoms with Gasteiger partial charge in [-0.25, -0.2) is 4.98 Å². The van der Waals surface area contributed by atoms with Gasteiger partial charge in [0.1, 0.15) is 0 Å². The Balaban J connectivity index is 1.70. The van der Waals surface area contributed by atoms with Crippen LogP contribution in [-0.4, -0.2) is 9.55 Å². The van der Waals surface area contributed by atoms with Crippen molar-refractivity contribution >= 4 is 34.4 Å². The number of nitrogens with zero attached hydrogens (tertiary/aromatic N) is 3. The molecular weight excluding hydrogens is 374 g/mol. The number of rotatable bonds is 5. The number of halogens is 1. The summed E-state index contributed by atoms with van der Waals surface area (Å²) in [7, 11) is 0. The molecule has 0 aliphatic carbocycles. The number of imidazole rings is 1. The van der Waals surface area contributed by atoms with Crippen molar-refractivity contribution in [2.45, 2.75) is 17.5 Å². The van der Waals surface area contributed by atoms with Gasteiger partial charge in [-0.2, -0.15) is 5.26 Å². The van der Waals surface area contributed by atoms with E-state index in [4.69, 9.17) is 16.6 Å². The molecule has 0 aliphatic rings. The lowest BCUT2D eigenvalue weighted by molar-refractivity contribution is 0.731. The van der Waals surface area contributed by atoms with Crippen molar-refractivity contribution in [1.29, 1.82) is 5.26 Å². The second-order valence-corrected chi connectivity index (χ2v) is 7.54. The SMILES string of the molecule is N#Cc1ccccc1CSc1nc2cc(Cl)ccc2n1Cc1ccccc1. The molecule has 1 heterocycles. The molecule has 0 saturated carbocycles. The Labute approximate surface area is 167 Å². The predicted molar refractivity (Wildman–Crippen MR) is 111 cm³/mol. The van der Waals surface area contributed by atoms with Gasteiger partial charge in [-0.05, 0) is 35.4 Å². The molecule has 27 heavy (non-hydrogen) atoms. The standard InChI is InChI=1S/C22H16ClN3S/c23-19-10-11-21-20(12-19)25-22(26(21)14-16-6-2-1-3-7-16)27-15-18-9-5-4-8-17(18)13-24/h1-12H,14-15H2. The number of nitriles is 1. The first-order valence-electron chi connectivity index (χ1n) is 8.55. The van der Waals surface area contributed by atoms with Crippen molar-refractivity contribution in [2.75, 3.05) is 0 Å². The minimum Gasteiger partial charge on any atom is -0.314 e. The Morgan fingerprint density at radius 1 is 1.00 bits per heavy atom. The van der Waals surface area contributed by atoms with Gasteiger partial charge in [0.2, 0.25) is 0 Å². The summed E-state index contributed by atoms with van der Waals surface area (Å²) >= 11 is 7.80. The van der Waals surface area contributed by atoms with E-state index in [-0.39, 0.29) is 0 Å². The Kier molecular flexibility index (Phi) is 5.15. The van der Waals surface area contributed by atoms with Gasteiger partial charge in [0.05, 0.1) is 29.2 Å². The quantitative estimate of drug-likeness (QED) is 0.399. The molecular formula is C22H16ClN3S. The molecule has 132 valence electrons. The highest BCUT2D eigenvalue weighted by Gasteiger charge is 2.13. The average molecular weight is 390 g/mol. The molecule has 4 aromatic rings. The zero-order chi connectivity index (χ0) is 18.6. The maximum absolute atomic E-state index is 9.32. The molecule has 0 unspecified atom stereocenters. The van der Waals surface area contributed by atoms with Crippen LogP contribution in [0.5, 0.6) is 0 Å². The zero-order valence-corrected chi connectivity index (χ0v) is 16.0. The number of aromatic nitrogens is 2. The minimum atomic E-state index is 0.679. The van der Waals surface area contributed by atoms with Gasteiger partial charge in [-0.3, -0.25) is 0 Å². The van der Waals surface area contributed by atoms with Crippen molar-refractivity contribution < 1.29 is 0 Å². The van der Waals surface area contributed by atoms with Crippen LogP contribution >= 0.6 is 23.4 Å². The smallest absolute Gasteiger partial charge is 0.169 e. The van der Waals surface area contributed by atoms with Crippen LogP contribution in [0.25, 0.3) is 11.0 Å². The summed E-state index contributed by atoms with van der Waals surface area (Å²) in [4.78, 5) is 4.80. The van der Waals surface area contributed by atoms with E-state index in [1.54, 1.807) is 11.8 Å². The topological polar surface area (TPSA) is 41.6 Å². The highest BCUT2D eigenvalue weighted by Crippen LogP contribution is 2.29. The van der Waals surface area contributed by atoms with E-state index in [0.29, 0.717) is 16.3 Å². The monoisotopic (exact) mass is 389 g/mol. The van der Waals surface area contributed by atoms with Crippen LogP contribution in [0.3, 0.4) is 0 Å². The molecule has 0 fully saturated rings. The van der Waals surface area contributed by atoms with Gasteiger partial charge in [0.15, 0.2) is 5.16 Å². The molecule has 0 amide bonds. The molecule has 5 heteroatoms. The number of hydrogen-bond acceptors (Lipinski definition) is 3. The Morgan fingerprint density at radius 3 is 2.59 bits per heavy atom. The fourth-order valence-electron chi connectivity index (χ4n) is 3.01. The van der Waals surface area contributed by atoms with Gasteiger partial charge in [0, 0.05) is 10.8 Å². The molecule has 0 atom stereocenters. The van der Waals surface area contributed by atoms with E-state index >= 15 is 0 Å². The number of thioether (sulfide) groups is 1. The van der Waals surface area contributed by atoms with E-state index in [2.05, 4.69) is 22.8 Å². The molecule has 0 saturated heterocycles. The number of fused-ring (bicyclic) bond motifs is 1. The van der Waals surface area contributed by atoms with Gasteiger partial charge in [0.25, 0.3) is 0 Å². The van der Waals surface area contributed by atoms with Crippen LogP contribution in [0.15, 0.2) is 78.0 Å². The van der Waals surface area contributed by atoms with Crippen LogP contribution < -0.4 is 0 Å². The van der Waals surface area contributed by atoms with E-state index in [9.17, 15) is 5.26 Å². The third kappa shape index (κ3) is 3.85. The maximum Gasteiger partial charge on any atom is 0.169 e. The lowest BCUT2D eigenvalue weighted by Gasteiger charge is -2.10. The molecule has 0 N–H and O–H groups in total. The summed E-state index contributed by atoms with van der Waals surface area (Å²) in [5.41, 5.74) is 4.87. The maximum atomic E-state index is 9.32. The summed E-state index contributed by atoms with van der Waals surface area (Å²) in [5.74, 6) is 0.690. The van der Waals surface area contributed by atoms with Crippen LogP contribution in [0, 0.1) is 11.3 Å². The molecule has 3 aromatic carbocycles. The fourth-order valence-corrected chi connectivity index (χ4v) is 4.19. The minimum absolute atomic E-state index is 0.679. The molecule has 0 aliphatic heterocycles. The van der Waals surface area contributed by atoms with E-state index in [1.165, 1.54) is 5.56 Å². The largest absolute Gasteiger partial charge is 0.314 e. The van der Waals surface area contributed by atoms with Crippen LogP contribution in [0.2, 0.25) is 5.02 Å². The molecule has 0 bridgehead atoms. The van der Waals surface area contributed by atoms with Gasteiger partial charge >= 0.3 is 0 Å². The van der Waals surface area contributed by atoms with Gasteiger partial charge in [-0.1, -0.05) is 71.9 Å². The Bertz CT molecular complexity index is 1130. The zero-order valence-electron chi connectivity index (χ0n) is 14.5. The van der Waals surface area contributed by atoms with E-state index in [0.717, 1.165) is 28.3 Å². The highest BCUT2D eigenvalue weighted by atomic mass is 35.5. The van der Waals surface area contributed by atoms with Crippen LogP contribution in [-0.2, 0) is 12.3 Å². The first-order valence-corrected chi connectivity index (χ1v) is 9.91. The summed E-state index contributed by atoms with van der Waals surface area (Å²) in [6, 6.07) is 26.1. The Hall–Kier alpha value is -2.74. The number of hydrogen-bond donors (Lipinski definition) is 0. The van der Waals surface area contributed by atoms with Gasteiger partial charge < -0.3 is 4.57 Å². The molecule has 3 nitrogen and oxygen atoms in total. The molecule has 0 spiro atoms. The second kappa shape index (κ2) is 7.87. The lowest BCUT2D eigenvalue weighted by Crippen LogP contribution is -2.01. The lowest BCUT2D eigenvalue weighted by atomic mass is 10.1. The van der Waals surface area contributed by atoms with E-state index in [1.807, 2.05) is 60.7 Å². The second-order valence-electron chi connectivity index (χ2n) is 6.16. The van der Waals surface area contributed by atoms with Crippen molar-refractivity contribution in [1.82, 2.24) is 9.55 Å².